The molecule has 3 aromatic heterocycles. The van der Waals surface area contributed by atoms with E-state index in [-0.39, 0.29) is 18.1 Å². The highest BCUT2D eigenvalue weighted by Crippen LogP contribution is 2.34. The van der Waals surface area contributed by atoms with Crippen molar-refractivity contribution in [3.05, 3.63) is 73.8 Å². The van der Waals surface area contributed by atoms with Crippen LogP contribution in [0.25, 0.3) is 21.3 Å². The van der Waals surface area contributed by atoms with Crippen molar-refractivity contribution in [3.8, 4) is 17.2 Å². The zero-order chi connectivity index (χ0) is 20.7. The average Bonchev–Trinajstić information content (AvgIpc) is 3.41. The maximum atomic E-state index is 13.4. The molecule has 4 aromatic rings. The number of aromatic nitrogens is 2. The smallest absolute Gasteiger partial charge is 0.263 e. The van der Waals surface area contributed by atoms with E-state index < -0.39 is 0 Å². The van der Waals surface area contributed by atoms with Crippen LogP contribution >= 0.6 is 22.7 Å². The van der Waals surface area contributed by atoms with E-state index >= 15 is 0 Å². The molecule has 4 heterocycles. The molecule has 0 saturated heterocycles. The van der Waals surface area contributed by atoms with Crippen LogP contribution in [0, 0.1) is 11.3 Å². The zero-order valence-corrected chi connectivity index (χ0v) is 18.2. The Bertz CT molecular complexity index is 1310. The van der Waals surface area contributed by atoms with E-state index in [1.807, 2.05) is 47.0 Å². The van der Waals surface area contributed by atoms with Crippen molar-refractivity contribution in [1.82, 2.24) is 14.5 Å². The first kappa shape index (κ1) is 19.2. The fraction of sp³-hybridized carbons (Fsp3) is 0.261. The van der Waals surface area contributed by atoms with Gasteiger partial charge >= 0.3 is 0 Å². The monoisotopic (exact) mass is 432 g/mol. The molecule has 0 N–H and O–H groups in total. The van der Waals surface area contributed by atoms with Gasteiger partial charge in [-0.25, -0.2) is 4.98 Å². The van der Waals surface area contributed by atoms with Crippen LogP contribution in [-0.2, 0) is 19.5 Å². The molecule has 150 valence electrons. The fourth-order valence-corrected chi connectivity index (χ4v) is 6.13. The van der Waals surface area contributed by atoms with E-state index in [0.29, 0.717) is 17.8 Å². The summed E-state index contributed by atoms with van der Waals surface area (Å²) in [6, 6.07) is 14.5. The van der Waals surface area contributed by atoms with Gasteiger partial charge in [-0.1, -0.05) is 30.3 Å². The number of fused-ring (bicyclic) bond motifs is 2. The molecule has 0 bridgehead atoms. The van der Waals surface area contributed by atoms with Crippen LogP contribution in [0.3, 0.4) is 0 Å². The van der Waals surface area contributed by atoms with Crippen LogP contribution in [0.5, 0.6) is 0 Å². The molecule has 7 heteroatoms. The Balaban J connectivity index is 1.59. The minimum atomic E-state index is -0.127. The molecule has 1 atom stereocenters. The van der Waals surface area contributed by atoms with Crippen molar-refractivity contribution < 1.29 is 0 Å². The molecule has 30 heavy (non-hydrogen) atoms. The maximum absolute atomic E-state index is 13.4. The summed E-state index contributed by atoms with van der Waals surface area (Å²) in [5.41, 5.74) is 3.12. The third-order valence-electron chi connectivity index (χ3n) is 5.83. The Labute approximate surface area is 182 Å². The largest absolute Gasteiger partial charge is 0.289 e. The van der Waals surface area contributed by atoms with Gasteiger partial charge in [0, 0.05) is 28.4 Å². The molecule has 0 unspecified atom stereocenters. The summed E-state index contributed by atoms with van der Waals surface area (Å²) < 4.78 is 1.55. The SMILES string of the molecule is C[C@@H]1c2ccsc2CCN1Cc1nc2scc(-c3ccccc3)c2c(=O)n1CC#N. The average molecular weight is 433 g/mol. The van der Waals surface area contributed by atoms with Crippen LogP contribution in [0.1, 0.15) is 29.2 Å². The lowest BCUT2D eigenvalue weighted by molar-refractivity contribution is 0.184. The van der Waals surface area contributed by atoms with Gasteiger partial charge in [0.25, 0.3) is 5.56 Å². The Morgan fingerprint density at radius 2 is 2.07 bits per heavy atom. The molecule has 0 fully saturated rings. The zero-order valence-electron chi connectivity index (χ0n) is 16.5. The van der Waals surface area contributed by atoms with Crippen molar-refractivity contribution in [3.63, 3.8) is 0 Å². The van der Waals surface area contributed by atoms with Crippen LogP contribution in [-0.4, -0.2) is 21.0 Å². The van der Waals surface area contributed by atoms with Crippen molar-refractivity contribution in [2.24, 2.45) is 0 Å². The fourth-order valence-electron chi connectivity index (χ4n) is 4.21. The molecule has 5 rings (SSSR count). The van der Waals surface area contributed by atoms with E-state index in [1.165, 1.54) is 21.8 Å². The predicted molar refractivity (Wildman–Crippen MR) is 122 cm³/mol. The van der Waals surface area contributed by atoms with Gasteiger partial charge in [-0.2, -0.15) is 5.26 Å². The summed E-state index contributed by atoms with van der Waals surface area (Å²) in [6.45, 7) is 3.69. The summed E-state index contributed by atoms with van der Waals surface area (Å²) in [5.74, 6) is 0.668. The Hall–Kier alpha value is -2.79. The van der Waals surface area contributed by atoms with Crippen LogP contribution < -0.4 is 5.56 Å². The van der Waals surface area contributed by atoms with E-state index in [2.05, 4.69) is 29.3 Å². The molecule has 0 spiro atoms. The third kappa shape index (κ3) is 3.18. The van der Waals surface area contributed by atoms with Crippen LogP contribution in [0.15, 0.2) is 52.0 Å². The minimum absolute atomic E-state index is 0.00705. The van der Waals surface area contributed by atoms with Gasteiger partial charge in [0.2, 0.25) is 0 Å². The second kappa shape index (κ2) is 7.80. The topological polar surface area (TPSA) is 61.9 Å². The highest BCUT2D eigenvalue weighted by molar-refractivity contribution is 7.17. The standard InChI is InChI=1S/C23H20N4OS2/c1-15-17-8-12-29-19(17)7-10-26(15)13-20-25-22-21(23(28)27(20)11-9-24)18(14-30-22)16-5-3-2-4-6-16/h2-6,8,12,14-15H,7,10-11,13H2,1H3/t15-/m1/s1. The molecule has 0 radical (unpaired) electrons. The molecule has 0 saturated carbocycles. The number of thiophene rings is 2. The highest BCUT2D eigenvalue weighted by atomic mass is 32.1. The van der Waals surface area contributed by atoms with Crippen LogP contribution in [0.4, 0.5) is 0 Å². The number of hydrogen-bond acceptors (Lipinski definition) is 6. The van der Waals surface area contributed by atoms with Crippen molar-refractivity contribution in [2.75, 3.05) is 6.54 Å². The van der Waals surface area contributed by atoms with Crippen molar-refractivity contribution >= 4 is 32.9 Å². The van der Waals surface area contributed by atoms with Crippen LogP contribution in [0.2, 0.25) is 0 Å². The van der Waals surface area contributed by atoms with Gasteiger partial charge in [-0.3, -0.25) is 14.3 Å². The Morgan fingerprint density at radius 1 is 1.23 bits per heavy atom. The summed E-state index contributed by atoms with van der Waals surface area (Å²) in [6.07, 6.45) is 1.01. The van der Waals surface area contributed by atoms with E-state index in [4.69, 9.17) is 4.98 Å². The first-order valence-electron chi connectivity index (χ1n) is 9.91. The summed E-state index contributed by atoms with van der Waals surface area (Å²) in [7, 11) is 0. The third-order valence-corrected chi connectivity index (χ3v) is 7.70. The van der Waals surface area contributed by atoms with E-state index in [0.717, 1.165) is 28.9 Å². The summed E-state index contributed by atoms with van der Waals surface area (Å²) >= 11 is 3.31. The summed E-state index contributed by atoms with van der Waals surface area (Å²) in [5, 5.41) is 14.1. The molecule has 0 aliphatic carbocycles. The predicted octanol–water partition coefficient (Wildman–Crippen LogP) is 4.83. The second-order valence-electron chi connectivity index (χ2n) is 7.47. The van der Waals surface area contributed by atoms with Crippen molar-refractivity contribution in [1.29, 1.82) is 5.26 Å². The lowest BCUT2D eigenvalue weighted by Crippen LogP contribution is -2.36. The van der Waals surface area contributed by atoms with Gasteiger partial charge in [-0.15, -0.1) is 22.7 Å². The van der Waals surface area contributed by atoms with Gasteiger partial charge in [0.1, 0.15) is 17.2 Å². The first-order chi connectivity index (χ1) is 14.7. The lowest BCUT2D eigenvalue weighted by Gasteiger charge is -2.33. The molecule has 5 nitrogen and oxygen atoms in total. The van der Waals surface area contributed by atoms with Gasteiger partial charge in [0.05, 0.1) is 18.0 Å². The Kier molecular flexibility index (Phi) is 4.99. The highest BCUT2D eigenvalue weighted by Gasteiger charge is 2.26. The lowest BCUT2D eigenvalue weighted by atomic mass is 10.0. The van der Waals surface area contributed by atoms with Gasteiger partial charge in [0.15, 0.2) is 0 Å². The number of benzene rings is 1. The molecule has 1 aliphatic rings. The first-order valence-corrected chi connectivity index (χ1v) is 11.7. The van der Waals surface area contributed by atoms with Gasteiger partial charge < -0.3 is 0 Å². The molecular weight excluding hydrogens is 412 g/mol. The maximum Gasteiger partial charge on any atom is 0.263 e. The van der Waals surface area contributed by atoms with Gasteiger partial charge in [-0.05, 0) is 35.9 Å². The molecular formula is C23H20N4OS2. The molecule has 0 amide bonds. The molecule has 1 aliphatic heterocycles. The van der Waals surface area contributed by atoms with E-state index in [9.17, 15) is 10.1 Å². The number of nitrogens with zero attached hydrogens (tertiary/aromatic N) is 4. The number of hydrogen-bond donors (Lipinski definition) is 0. The normalized spacial score (nSPS) is 16.5. The second-order valence-corrected chi connectivity index (χ2v) is 9.33. The van der Waals surface area contributed by atoms with E-state index in [1.54, 1.807) is 4.57 Å². The Morgan fingerprint density at radius 3 is 2.87 bits per heavy atom. The quantitative estimate of drug-likeness (QED) is 0.463. The number of rotatable bonds is 4. The van der Waals surface area contributed by atoms with Crippen molar-refractivity contribution in [2.45, 2.75) is 32.5 Å². The summed E-state index contributed by atoms with van der Waals surface area (Å²) in [4.78, 5) is 22.8. The number of nitriles is 1. The minimum Gasteiger partial charge on any atom is -0.289 e. The molecule has 1 aromatic carbocycles.